The molecule has 0 N–H and O–H groups in total. The van der Waals surface area contributed by atoms with Crippen LogP contribution in [-0.4, -0.2) is 18.3 Å². The molecule has 0 fully saturated rings. The van der Waals surface area contributed by atoms with Crippen LogP contribution in [0.1, 0.15) is 76.5 Å². The Morgan fingerprint density at radius 3 is 2.48 bits per heavy atom. The number of rotatable bonds is 4. The first-order chi connectivity index (χ1) is 12.7. The molecule has 1 aliphatic rings. The summed E-state index contributed by atoms with van der Waals surface area (Å²) in [6.45, 7) is 14.1. The first-order valence-electron chi connectivity index (χ1n) is 9.98. The Morgan fingerprint density at radius 2 is 1.89 bits per heavy atom. The summed E-state index contributed by atoms with van der Waals surface area (Å²) in [5.74, 6) is 0.684. The average Bonchev–Trinajstić information content (AvgIpc) is 2.60. The zero-order valence-corrected chi connectivity index (χ0v) is 17.4. The quantitative estimate of drug-likeness (QED) is 0.543. The van der Waals surface area contributed by atoms with Crippen LogP contribution in [0.3, 0.4) is 0 Å². The Balaban J connectivity index is 1.93. The molecular formula is C24H31FN2. The van der Waals surface area contributed by atoms with Gasteiger partial charge in [0.05, 0.1) is 5.69 Å². The van der Waals surface area contributed by atoms with Gasteiger partial charge in [0.15, 0.2) is 0 Å². The van der Waals surface area contributed by atoms with Crippen molar-refractivity contribution in [3.63, 3.8) is 0 Å². The first kappa shape index (κ1) is 19.6. The minimum Gasteiger partial charge on any atom is -0.366 e. The largest absolute Gasteiger partial charge is 0.366 e. The molecule has 1 heterocycles. The fourth-order valence-electron chi connectivity index (χ4n) is 4.31. The standard InChI is InChI=1S/C24H31FN2/c1-7-27-23-13-22(25)19(12-21(23)17(4)14-24(27,5)6)15-26-20-10-8-18(9-11-20)16(2)3/h8-13,15-17H,7,14H2,1-6H3. The Hall–Kier alpha value is -2.16. The minimum absolute atomic E-state index is 0.0430. The van der Waals surface area contributed by atoms with Crippen molar-refractivity contribution in [3.8, 4) is 0 Å². The first-order valence-corrected chi connectivity index (χ1v) is 9.98. The van der Waals surface area contributed by atoms with Gasteiger partial charge in [0.1, 0.15) is 5.82 Å². The van der Waals surface area contributed by atoms with E-state index in [0.717, 1.165) is 24.3 Å². The normalized spacial score (nSPS) is 19.0. The van der Waals surface area contributed by atoms with Crippen LogP contribution in [0, 0.1) is 5.82 Å². The molecule has 0 amide bonds. The molecule has 1 aliphatic heterocycles. The van der Waals surface area contributed by atoms with Crippen molar-refractivity contribution in [1.29, 1.82) is 0 Å². The molecule has 0 saturated heterocycles. The Morgan fingerprint density at radius 1 is 1.22 bits per heavy atom. The van der Waals surface area contributed by atoms with Crippen molar-refractivity contribution in [3.05, 3.63) is 58.9 Å². The predicted molar refractivity (Wildman–Crippen MR) is 114 cm³/mol. The van der Waals surface area contributed by atoms with Gasteiger partial charge in [-0.05, 0) is 74.4 Å². The lowest BCUT2D eigenvalue weighted by molar-refractivity contribution is 0.380. The number of aliphatic imine (C=N–C) groups is 1. The molecule has 2 nitrogen and oxygen atoms in total. The Labute approximate surface area is 163 Å². The van der Waals surface area contributed by atoms with Crippen molar-refractivity contribution in [2.24, 2.45) is 4.99 Å². The van der Waals surface area contributed by atoms with Gasteiger partial charge < -0.3 is 4.90 Å². The molecule has 27 heavy (non-hydrogen) atoms. The van der Waals surface area contributed by atoms with E-state index >= 15 is 0 Å². The monoisotopic (exact) mass is 366 g/mol. The van der Waals surface area contributed by atoms with Gasteiger partial charge in [0, 0.05) is 29.5 Å². The van der Waals surface area contributed by atoms with Crippen LogP contribution in [0.15, 0.2) is 41.4 Å². The van der Waals surface area contributed by atoms with Crippen LogP contribution in [0.2, 0.25) is 0 Å². The number of hydrogen-bond donors (Lipinski definition) is 0. The fourth-order valence-corrected chi connectivity index (χ4v) is 4.31. The zero-order valence-electron chi connectivity index (χ0n) is 17.4. The smallest absolute Gasteiger partial charge is 0.134 e. The van der Waals surface area contributed by atoms with Gasteiger partial charge in [-0.25, -0.2) is 4.39 Å². The molecule has 0 saturated carbocycles. The summed E-state index contributed by atoms with van der Waals surface area (Å²) in [6, 6.07) is 11.8. The molecule has 2 aromatic rings. The number of anilines is 1. The molecule has 1 atom stereocenters. The second-order valence-electron chi connectivity index (χ2n) is 8.60. The van der Waals surface area contributed by atoms with Crippen molar-refractivity contribution in [2.75, 3.05) is 11.4 Å². The van der Waals surface area contributed by atoms with Gasteiger partial charge in [-0.15, -0.1) is 0 Å². The summed E-state index contributed by atoms with van der Waals surface area (Å²) >= 11 is 0. The van der Waals surface area contributed by atoms with E-state index in [4.69, 9.17) is 0 Å². The van der Waals surface area contributed by atoms with Crippen LogP contribution >= 0.6 is 0 Å². The van der Waals surface area contributed by atoms with Crippen LogP contribution in [0.4, 0.5) is 15.8 Å². The van der Waals surface area contributed by atoms with Gasteiger partial charge in [-0.3, -0.25) is 4.99 Å². The number of benzene rings is 2. The third-order valence-electron chi connectivity index (χ3n) is 5.73. The van der Waals surface area contributed by atoms with Gasteiger partial charge in [0.25, 0.3) is 0 Å². The average molecular weight is 367 g/mol. The van der Waals surface area contributed by atoms with Crippen molar-refractivity contribution >= 4 is 17.6 Å². The Kier molecular flexibility index (Phi) is 5.41. The molecule has 0 aromatic heterocycles. The molecule has 3 rings (SSSR count). The minimum atomic E-state index is -0.209. The highest BCUT2D eigenvalue weighted by Gasteiger charge is 2.36. The molecule has 0 bridgehead atoms. The maximum Gasteiger partial charge on any atom is 0.134 e. The maximum atomic E-state index is 14.8. The van der Waals surface area contributed by atoms with Crippen molar-refractivity contribution in [1.82, 2.24) is 0 Å². The van der Waals surface area contributed by atoms with Crippen molar-refractivity contribution < 1.29 is 4.39 Å². The number of halogens is 1. The van der Waals surface area contributed by atoms with E-state index in [1.165, 1.54) is 11.1 Å². The van der Waals surface area contributed by atoms with Crippen LogP contribution in [0.25, 0.3) is 0 Å². The molecule has 0 aliphatic carbocycles. The number of nitrogens with zero attached hydrogens (tertiary/aromatic N) is 2. The lowest BCUT2D eigenvalue weighted by atomic mass is 9.79. The summed E-state index contributed by atoms with van der Waals surface area (Å²) < 4.78 is 14.8. The lowest BCUT2D eigenvalue weighted by Gasteiger charge is -2.47. The zero-order chi connectivity index (χ0) is 19.8. The summed E-state index contributed by atoms with van der Waals surface area (Å²) in [4.78, 5) is 6.82. The summed E-state index contributed by atoms with van der Waals surface area (Å²) in [5.41, 5.74) is 4.98. The van der Waals surface area contributed by atoms with E-state index in [9.17, 15) is 4.39 Å². The number of hydrogen-bond acceptors (Lipinski definition) is 2. The molecule has 0 radical (unpaired) electrons. The third-order valence-corrected chi connectivity index (χ3v) is 5.73. The molecule has 2 aromatic carbocycles. The molecular weight excluding hydrogens is 335 g/mol. The maximum absolute atomic E-state index is 14.8. The Bertz CT molecular complexity index is 834. The van der Waals surface area contributed by atoms with E-state index in [1.54, 1.807) is 12.3 Å². The molecule has 3 heteroatoms. The highest BCUT2D eigenvalue weighted by molar-refractivity contribution is 5.84. The van der Waals surface area contributed by atoms with Gasteiger partial charge in [-0.1, -0.05) is 32.9 Å². The van der Waals surface area contributed by atoms with Crippen molar-refractivity contribution in [2.45, 2.75) is 65.3 Å². The molecule has 0 spiro atoms. The van der Waals surface area contributed by atoms with Gasteiger partial charge in [0.2, 0.25) is 0 Å². The van der Waals surface area contributed by atoms with E-state index in [1.807, 2.05) is 18.2 Å². The number of fused-ring (bicyclic) bond motifs is 1. The molecule has 1 unspecified atom stereocenters. The summed E-state index contributed by atoms with van der Waals surface area (Å²) in [6.07, 6.45) is 2.72. The van der Waals surface area contributed by atoms with Crippen LogP contribution < -0.4 is 4.90 Å². The highest BCUT2D eigenvalue weighted by atomic mass is 19.1. The predicted octanol–water partition coefficient (Wildman–Crippen LogP) is 6.81. The van der Waals surface area contributed by atoms with E-state index in [2.05, 4.69) is 63.6 Å². The second-order valence-corrected chi connectivity index (χ2v) is 8.60. The second kappa shape index (κ2) is 7.46. The third kappa shape index (κ3) is 3.92. The van der Waals surface area contributed by atoms with Crippen LogP contribution in [0.5, 0.6) is 0 Å². The summed E-state index contributed by atoms with van der Waals surface area (Å²) in [5, 5.41) is 0. The lowest BCUT2D eigenvalue weighted by Crippen LogP contribution is -2.48. The van der Waals surface area contributed by atoms with E-state index < -0.39 is 0 Å². The molecule has 144 valence electrons. The van der Waals surface area contributed by atoms with Crippen LogP contribution in [-0.2, 0) is 0 Å². The highest BCUT2D eigenvalue weighted by Crippen LogP contribution is 2.43. The van der Waals surface area contributed by atoms with E-state index in [-0.39, 0.29) is 11.4 Å². The van der Waals surface area contributed by atoms with E-state index in [0.29, 0.717) is 17.4 Å². The fraction of sp³-hybridized carbons (Fsp3) is 0.458. The topological polar surface area (TPSA) is 15.6 Å². The van der Waals surface area contributed by atoms with Gasteiger partial charge >= 0.3 is 0 Å². The van der Waals surface area contributed by atoms with Gasteiger partial charge in [-0.2, -0.15) is 0 Å². The summed E-state index contributed by atoms with van der Waals surface area (Å²) in [7, 11) is 0. The SMILES string of the molecule is CCN1c2cc(F)c(C=Nc3ccc(C(C)C)cc3)cc2C(C)CC1(C)C.